The molecule has 4 aromatic rings. The van der Waals surface area contributed by atoms with Crippen molar-refractivity contribution in [2.24, 2.45) is 0 Å². The van der Waals surface area contributed by atoms with E-state index in [1.807, 2.05) is 49.5 Å². The third kappa shape index (κ3) is 3.53. The molecule has 27 heavy (non-hydrogen) atoms. The molecule has 1 aromatic heterocycles. The minimum Gasteiger partial charge on any atom is -0.399 e. The van der Waals surface area contributed by atoms with Gasteiger partial charge in [0, 0.05) is 29.5 Å². The van der Waals surface area contributed by atoms with Gasteiger partial charge in [-0.1, -0.05) is 60.7 Å². The van der Waals surface area contributed by atoms with Gasteiger partial charge in [0.05, 0.1) is 11.4 Å². The number of nitrogen functional groups attached to an aromatic ring is 1. The predicted molar refractivity (Wildman–Crippen MR) is 115 cm³/mol. The van der Waals surface area contributed by atoms with Crippen LogP contribution < -0.4 is 11.1 Å². The number of benzene rings is 3. The molecule has 132 valence electrons. The number of nitrogens with zero attached hydrogens (tertiary/aromatic N) is 1. The highest BCUT2D eigenvalue weighted by atomic mass is 14.8. The first kappa shape index (κ1) is 16.9. The highest BCUT2D eigenvalue weighted by Gasteiger charge is 2.11. The van der Waals surface area contributed by atoms with E-state index in [9.17, 15) is 0 Å². The molecule has 0 saturated carbocycles. The molecule has 3 aromatic carbocycles. The minimum atomic E-state index is 0.720. The summed E-state index contributed by atoms with van der Waals surface area (Å²) < 4.78 is 0. The van der Waals surface area contributed by atoms with Crippen LogP contribution in [0, 0.1) is 0 Å². The second kappa shape index (κ2) is 7.34. The average molecular weight is 351 g/mol. The summed E-state index contributed by atoms with van der Waals surface area (Å²) in [5.41, 5.74) is 14.0. The lowest BCUT2D eigenvalue weighted by atomic mass is 9.99. The Morgan fingerprint density at radius 1 is 0.667 bits per heavy atom. The smallest absolute Gasteiger partial charge is 0.0737 e. The molecular formula is C24H21N3. The molecule has 0 unspecified atom stereocenters. The summed E-state index contributed by atoms with van der Waals surface area (Å²) in [6.45, 7) is 0. The standard InChI is InChI=1S/C24H21N3/c1-26-22-13-12-20(25)16-21(22)24-15-19(17-8-4-2-5-9-17)14-23(27-24)18-10-6-3-7-11-18/h2-16,26H,25H2,1H3. The van der Waals surface area contributed by atoms with Gasteiger partial charge in [0.1, 0.15) is 0 Å². The monoisotopic (exact) mass is 351 g/mol. The molecule has 3 N–H and O–H groups in total. The second-order valence-corrected chi connectivity index (χ2v) is 6.41. The van der Waals surface area contributed by atoms with E-state index in [-0.39, 0.29) is 0 Å². The fraction of sp³-hybridized carbons (Fsp3) is 0.0417. The summed E-state index contributed by atoms with van der Waals surface area (Å²) >= 11 is 0. The zero-order valence-electron chi connectivity index (χ0n) is 15.2. The molecule has 4 rings (SSSR count). The molecule has 0 spiro atoms. The van der Waals surface area contributed by atoms with Crippen molar-refractivity contribution in [3.63, 3.8) is 0 Å². The molecule has 0 aliphatic heterocycles. The van der Waals surface area contributed by atoms with Crippen LogP contribution in [0.25, 0.3) is 33.6 Å². The molecule has 0 bridgehead atoms. The van der Waals surface area contributed by atoms with Crippen LogP contribution >= 0.6 is 0 Å². The van der Waals surface area contributed by atoms with Crippen LogP contribution in [0.1, 0.15) is 0 Å². The normalized spacial score (nSPS) is 10.6. The summed E-state index contributed by atoms with van der Waals surface area (Å²) in [5.74, 6) is 0. The summed E-state index contributed by atoms with van der Waals surface area (Å²) in [7, 11) is 1.91. The van der Waals surface area contributed by atoms with Crippen molar-refractivity contribution >= 4 is 11.4 Å². The Morgan fingerprint density at radius 3 is 1.96 bits per heavy atom. The van der Waals surface area contributed by atoms with E-state index in [0.717, 1.165) is 45.0 Å². The van der Waals surface area contributed by atoms with Crippen LogP contribution in [0.4, 0.5) is 11.4 Å². The Hall–Kier alpha value is -3.59. The number of nitrogens with one attached hydrogen (secondary N) is 1. The summed E-state index contributed by atoms with van der Waals surface area (Å²) in [6.07, 6.45) is 0. The molecule has 0 saturated heterocycles. The maximum absolute atomic E-state index is 6.06. The van der Waals surface area contributed by atoms with Gasteiger partial charge >= 0.3 is 0 Å². The maximum atomic E-state index is 6.06. The SMILES string of the molecule is CNc1ccc(N)cc1-c1cc(-c2ccccc2)cc(-c2ccccc2)n1. The van der Waals surface area contributed by atoms with Crippen molar-refractivity contribution in [1.82, 2.24) is 4.98 Å². The quantitative estimate of drug-likeness (QED) is 0.463. The molecule has 0 fully saturated rings. The summed E-state index contributed by atoms with van der Waals surface area (Å²) in [5, 5.41) is 3.24. The maximum Gasteiger partial charge on any atom is 0.0737 e. The van der Waals surface area contributed by atoms with Crippen LogP contribution in [0.15, 0.2) is 91.0 Å². The number of hydrogen-bond acceptors (Lipinski definition) is 3. The van der Waals surface area contributed by atoms with E-state index >= 15 is 0 Å². The number of rotatable bonds is 4. The van der Waals surface area contributed by atoms with Crippen molar-refractivity contribution in [1.29, 1.82) is 0 Å². The van der Waals surface area contributed by atoms with Gasteiger partial charge < -0.3 is 11.1 Å². The van der Waals surface area contributed by atoms with Crippen LogP contribution in [-0.2, 0) is 0 Å². The van der Waals surface area contributed by atoms with E-state index in [1.54, 1.807) is 0 Å². The van der Waals surface area contributed by atoms with Crippen molar-refractivity contribution in [2.75, 3.05) is 18.1 Å². The van der Waals surface area contributed by atoms with Gasteiger partial charge in [-0.05, 0) is 41.5 Å². The molecule has 3 heteroatoms. The number of hydrogen-bond donors (Lipinski definition) is 2. The topological polar surface area (TPSA) is 50.9 Å². The zero-order chi connectivity index (χ0) is 18.6. The fourth-order valence-corrected chi connectivity index (χ4v) is 3.21. The van der Waals surface area contributed by atoms with Gasteiger partial charge in [-0.2, -0.15) is 0 Å². The molecule has 0 atom stereocenters. The molecule has 3 nitrogen and oxygen atoms in total. The van der Waals surface area contributed by atoms with Crippen molar-refractivity contribution in [2.45, 2.75) is 0 Å². The Bertz CT molecular complexity index is 1000. The highest BCUT2D eigenvalue weighted by molar-refractivity contribution is 5.83. The largest absolute Gasteiger partial charge is 0.399 e. The first-order valence-electron chi connectivity index (χ1n) is 8.95. The molecule has 0 aliphatic rings. The number of anilines is 2. The molecule has 0 amide bonds. The Labute approximate surface area is 159 Å². The number of pyridine rings is 1. The van der Waals surface area contributed by atoms with Gasteiger partial charge in [0.25, 0.3) is 0 Å². The lowest BCUT2D eigenvalue weighted by molar-refractivity contribution is 1.32. The Balaban J connectivity index is 1.96. The second-order valence-electron chi connectivity index (χ2n) is 6.41. The van der Waals surface area contributed by atoms with Gasteiger partial charge in [-0.25, -0.2) is 4.98 Å². The summed E-state index contributed by atoms with van der Waals surface area (Å²) in [4.78, 5) is 4.95. The first-order chi connectivity index (χ1) is 13.2. The Kier molecular flexibility index (Phi) is 4.58. The molecule has 0 aliphatic carbocycles. The minimum absolute atomic E-state index is 0.720. The van der Waals surface area contributed by atoms with Crippen LogP contribution in [0.3, 0.4) is 0 Å². The molecule has 1 heterocycles. The van der Waals surface area contributed by atoms with Crippen LogP contribution in [0.5, 0.6) is 0 Å². The van der Waals surface area contributed by atoms with Gasteiger partial charge in [-0.15, -0.1) is 0 Å². The number of aromatic nitrogens is 1. The molecule has 0 radical (unpaired) electrons. The van der Waals surface area contributed by atoms with E-state index in [1.165, 1.54) is 0 Å². The number of nitrogens with two attached hydrogens (primary N) is 1. The highest BCUT2D eigenvalue weighted by Crippen LogP contribution is 2.34. The van der Waals surface area contributed by atoms with Gasteiger partial charge in [-0.3, -0.25) is 0 Å². The van der Waals surface area contributed by atoms with E-state index in [2.05, 4.69) is 53.8 Å². The van der Waals surface area contributed by atoms with Crippen molar-refractivity contribution in [3.05, 3.63) is 91.0 Å². The Morgan fingerprint density at radius 2 is 1.30 bits per heavy atom. The van der Waals surface area contributed by atoms with Crippen molar-refractivity contribution in [3.8, 4) is 33.6 Å². The average Bonchev–Trinajstić information content (AvgIpc) is 2.74. The first-order valence-corrected chi connectivity index (χ1v) is 8.95. The summed E-state index contributed by atoms with van der Waals surface area (Å²) in [6, 6.07) is 30.7. The third-order valence-corrected chi connectivity index (χ3v) is 4.59. The zero-order valence-corrected chi connectivity index (χ0v) is 15.2. The van der Waals surface area contributed by atoms with Crippen LogP contribution in [0.2, 0.25) is 0 Å². The molecular weight excluding hydrogens is 330 g/mol. The third-order valence-electron chi connectivity index (χ3n) is 4.59. The predicted octanol–water partition coefficient (Wildman–Crippen LogP) is 5.71. The fourth-order valence-electron chi connectivity index (χ4n) is 3.21. The van der Waals surface area contributed by atoms with E-state index in [4.69, 9.17) is 10.7 Å². The van der Waals surface area contributed by atoms with E-state index < -0.39 is 0 Å². The lowest BCUT2D eigenvalue weighted by Crippen LogP contribution is -1.97. The van der Waals surface area contributed by atoms with Gasteiger partial charge in [0.2, 0.25) is 0 Å². The van der Waals surface area contributed by atoms with Crippen LogP contribution in [-0.4, -0.2) is 12.0 Å². The van der Waals surface area contributed by atoms with E-state index in [0.29, 0.717) is 0 Å². The van der Waals surface area contributed by atoms with Gasteiger partial charge in [0.15, 0.2) is 0 Å². The lowest BCUT2D eigenvalue weighted by Gasteiger charge is -2.13. The van der Waals surface area contributed by atoms with Crippen molar-refractivity contribution < 1.29 is 0 Å².